The van der Waals surface area contributed by atoms with Crippen LogP contribution in [0.2, 0.25) is 0 Å². The highest BCUT2D eigenvalue weighted by Crippen LogP contribution is 2.39. The van der Waals surface area contributed by atoms with E-state index in [0.29, 0.717) is 40.7 Å². The van der Waals surface area contributed by atoms with Gasteiger partial charge in [-0.05, 0) is 55.8 Å². The summed E-state index contributed by atoms with van der Waals surface area (Å²) < 4.78 is 50.3. The predicted molar refractivity (Wildman–Crippen MR) is 142 cm³/mol. The van der Waals surface area contributed by atoms with Crippen LogP contribution in [0, 0.1) is 6.92 Å². The molecule has 194 valence electrons. The maximum atomic E-state index is 13.4. The summed E-state index contributed by atoms with van der Waals surface area (Å²) in [6, 6.07) is 15.7. The molecule has 0 saturated heterocycles. The minimum Gasteiger partial charge on any atom is -0.493 e. The Bertz CT molecular complexity index is 1550. The molecule has 0 amide bonds. The number of aromatic nitrogens is 1. The van der Waals surface area contributed by atoms with Gasteiger partial charge in [-0.2, -0.15) is 0 Å². The van der Waals surface area contributed by atoms with E-state index in [2.05, 4.69) is 4.83 Å². The van der Waals surface area contributed by atoms with Crippen LogP contribution in [-0.4, -0.2) is 36.9 Å². The highest BCUT2D eigenvalue weighted by Gasteiger charge is 2.23. The molecule has 4 aromatic rings. The number of fused-ring (bicyclic) bond motifs is 1. The number of hydrogen-bond donors (Lipinski definition) is 0. The van der Waals surface area contributed by atoms with Crippen LogP contribution in [0.5, 0.6) is 23.0 Å². The average Bonchev–Trinajstić information content (AvgIpc) is 2.91. The lowest BCUT2D eigenvalue weighted by molar-refractivity contribution is -0.601. The average molecular weight is 523 g/mol. The standard InChI is InChI=1S/C28H30N2O6S/c1-7-19-17-30(29-37(31,32)21-11-8-18(2)9-12-21)28(20-10-13-24(33-3)25(14-20)34-4)23-16-27(36-6)26(35-5)15-22(19)23/h8-17H,7H2,1-6H3. The zero-order chi connectivity index (χ0) is 26.7. The van der Waals surface area contributed by atoms with E-state index in [-0.39, 0.29) is 4.90 Å². The summed E-state index contributed by atoms with van der Waals surface area (Å²) >= 11 is 0. The Hall–Kier alpha value is -3.98. The van der Waals surface area contributed by atoms with Crippen molar-refractivity contribution in [2.75, 3.05) is 28.4 Å². The van der Waals surface area contributed by atoms with Crippen LogP contribution in [0.4, 0.5) is 0 Å². The molecule has 0 bridgehead atoms. The number of sulfonamides is 1. The van der Waals surface area contributed by atoms with E-state index in [1.807, 2.05) is 32.0 Å². The van der Waals surface area contributed by atoms with Gasteiger partial charge in [-0.1, -0.05) is 24.6 Å². The number of ether oxygens (including phenoxy) is 4. The Morgan fingerprint density at radius 1 is 0.757 bits per heavy atom. The number of nitrogens with zero attached hydrogens (tertiary/aromatic N) is 2. The first-order valence-electron chi connectivity index (χ1n) is 11.7. The summed E-state index contributed by atoms with van der Waals surface area (Å²) in [5.41, 5.74) is 3.07. The second-order valence-corrected chi connectivity index (χ2v) is 9.98. The summed E-state index contributed by atoms with van der Waals surface area (Å²) in [7, 11) is 2.21. The lowest BCUT2D eigenvalue weighted by atomic mass is 9.98. The molecule has 0 aliphatic carbocycles. The first-order valence-corrected chi connectivity index (χ1v) is 13.1. The highest BCUT2D eigenvalue weighted by molar-refractivity contribution is 7.93. The topological polar surface area (TPSA) is 89.0 Å². The molecule has 3 aromatic carbocycles. The molecule has 8 nitrogen and oxygen atoms in total. The minimum absolute atomic E-state index is 0.106. The summed E-state index contributed by atoms with van der Waals surface area (Å²) in [6.45, 7) is 3.90. The molecular formula is C28H30N2O6S. The number of pyridine rings is 1. The number of aryl methyl sites for hydroxylation is 2. The third-order valence-electron chi connectivity index (χ3n) is 6.18. The van der Waals surface area contributed by atoms with E-state index in [4.69, 9.17) is 18.9 Å². The zero-order valence-corrected chi connectivity index (χ0v) is 22.5. The third-order valence-corrected chi connectivity index (χ3v) is 7.44. The monoisotopic (exact) mass is 522 g/mol. The molecule has 0 aliphatic rings. The lowest BCUT2D eigenvalue weighted by Gasteiger charge is -2.21. The van der Waals surface area contributed by atoms with Crippen molar-refractivity contribution in [2.24, 2.45) is 0 Å². The van der Waals surface area contributed by atoms with Gasteiger partial charge in [0.25, 0.3) is 0 Å². The van der Waals surface area contributed by atoms with Crippen molar-refractivity contribution in [2.45, 2.75) is 25.2 Å². The van der Waals surface area contributed by atoms with Crippen LogP contribution >= 0.6 is 0 Å². The van der Waals surface area contributed by atoms with Crippen molar-refractivity contribution in [3.63, 3.8) is 0 Å². The third kappa shape index (κ3) is 4.99. The Morgan fingerprint density at radius 3 is 1.89 bits per heavy atom. The molecule has 0 unspecified atom stereocenters. The summed E-state index contributed by atoms with van der Waals surface area (Å²) in [4.78, 5) is 4.37. The number of rotatable bonds is 9. The van der Waals surface area contributed by atoms with Crippen LogP contribution in [-0.2, 0) is 16.4 Å². The van der Waals surface area contributed by atoms with E-state index in [0.717, 1.165) is 21.9 Å². The van der Waals surface area contributed by atoms with Crippen molar-refractivity contribution in [3.8, 4) is 34.3 Å². The number of hydrogen-bond acceptors (Lipinski definition) is 6. The molecule has 0 saturated carbocycles. The summed E-state index contributed by atoms with van der Waals surface area (Å²) in [5.74, 6) is 2.14. The molecule has 0 spiro atoms. The van der Waals surface area contributed by atoms with Gasteiger partial charge in [0.2, 0.25) is 5.69 Å². The molecule has 0 fully saturated rings. The second-order valence-electron chi connectivity index (χ2n) is 8.39. The highest BCUT2D eigenvalue weighted by atomic mass is 32.2. The Kier molecular flexibility index (Phi) is 7.45. The van der Waals surface area contributed by atoms with Gasteiger partial charge in [0.05, 0.1) is 44.3 Å². The smallest absolute Gasteiger partial charge is 0.216 e. The van der Waals surface area contributed by atoms with E-state index < -0.39 is 10.0 Å². The number of benzene rings is 3. The van der Waals surface area contributed by atoms with Gasteiger partial charge < -0.3 is 23.8 Å². The fourth-order valence-electron chi connectivity index (χ4n) is 4.24. The quantitative estimate of drug-likeness (QED) is 0.280. The van der Waals surface area contributed by atoms with Crippen LogP contribution in [0.1, 0.15) is 18.1 Å². The first-order chi connectivity index (χ1) is 17.8. The molecule has 9 heteroatoms. The molecule has 1 aromatic heterocycles. The molecule has 4 rings (SSSR count). The maximum absolute atomic E-state index is 13.4. The van der Waals surface area contributed by atoms with Crippen molar-refractivity contribution in [3.05, 3.63) is 76.8 Å². The molecule has 1 heterocycles. The van der Waals surface area contributed by atoms with Crippen molar-refractivity contribution < 1.29 is 32.0 Å². The van der Waals surface area contributed by atoms with Gasteiger partial charge in [-0.25, -0.2) is 13.1 Å². The van der Waals surface area contributed by atoms with Crippen LogP contribution in [0.25, 0.3) is 26.9 Å². The van der Waals surface area contributed by atoms with Gasteiger partial charge in [-0.3, -0.25) is 0 Å². The van der Waals surface area contributed by atoms with Crippen molar-refractivity contribution >= 4 is 20.8 Å². The fraction of sp³-hybridized carbons (Fsp3) is 0.250. The first kappa shape index (κ1) is 26.1. The largest absolute Gasteiger partial charge is 0.493 e. The van der Waals surface area contributed by atoms with Crippen LogP contribution in [0.3, 0.4) is 0 Å². The van der Waals surface area contributed by atoms with E-state index in [1.165, 1.54) is 4.68 Å². The molecule has 0 aliphatic heterocycles. The zero-order valence-electron chi connectivity index (χ0n) is 21.7. The number of methoxy groups -OCH3 is 4. The second kappa shape index (κ2) is 10.6. The Balaban J connectivity index is 2.05. The molecule has 0 radical (unpaired) electrons. The van der Waals surface area contributed by atoms with Gasteiger partial charge in [0.1, 0.15) is 0 Å². The lowest BCUT2D eigenvalue weighted by Crippen LogP contribution is -2.35. The van der Waals surface area contributed by atoms with Crippen molar-refractivity contribution in [1.82, 2.24) is 0 Å². The molecule has 37 heavy (non-hydrogen) atoms. The summed E-state index contributed by atoms with van der Waals surface area (Å²) in [5, 5.41) is 1.64. The van der Waals surface area contributed by atoms with Gasteiger partial charge in [0, 0.05) is 10.9 Å². The molecule has 0 N–H and O–H groups in total. The van der Waals surface area contributed by atoms with Gasteiger partial charge in [-0.15, -0.1) is 0 Å². The molecule has 0 atom stereocenters. The van der Waals surface area contributed by atoms with Gasteiger partial charge >= 0.3 is 0 Å². The maximum Gasteiger partial charge on any atom is 0.216 e. The van der Waals surface area contributed by atoms with Crippen LogP contribution in [0.15, 0.2) is 65.7 Å². The predicted octanol–water partition coefficient (Wildman–Crippen LogP) is 5.23. The van der Waals surface area contributed by atoms with Crippen LogP contribution < -0.4 is 23.6 Å². The van der Waals surface area contributed by atoms with E-state index in [1.54, 1.807) is 71.0 Å². The van der Waals surface area contributed by atoms with Crippen molar-refractivity contribution in [1.29, 1.82) is 0 Å². The molecular weight excluding hydrogens is 492 g/mol. The fourth-order valence-corrected chi connectivity index (χ4v) is 5.17. The minimum atomic E-state index is -4.04. The SMILES string of the molecule is CCc1c[n+]([N-]S(=O)(=O)c2ccc(C)cc2)c(-c2ccc(OC)c(OC)c2)c2cc(OC)c(OC)cc12. The summed E-state index contributed by atoms with van der Waals surface area (Å²) in [6.07, 6.45) is 2.38. The Morgan fingerprint density at radius 2 is 1.32 bits per heavy atom. The van der Waals surface area contributed by atoms with E-state index >= 15 is 0 Å². The normalized spacial score (nSPS) is 11.3. The Labute approximate surface area is 217 Å². The van der Waals surface area contributed by atoms with Gasteiger partial charge in [0.15, 0.2) is 39.2 Å². The van der Waals surface area contributed by atoms with E-state index in [9.17, 15) is 8.42 Å².